The van der Waals surface area contributed by atoms with E-state index in [4.69, 9.17) is 14.5 Å². The number of hydrogen-bond acceptors (Lipinski definition) is 5. The third-order valence-electron chi connectivity index (χ3n) is 6.51. The Morgan fingerprint density at radius 3 is 2.62 bits per heavy atom. The molecule has 198 valence electrons. The fraction of sp³-hybridized carbons (Fsp3) is 0.438. The highest BCUT2D eigenvalue weighted by Gasteiger charge is 2.28. The van der Waals surface area contributed by atoms with Crippen molar-refractivity contribution in [1.29, 1.82) is 0 Å². The van der Waals surface area contributed by atoms with E-state index in [0.717, 1.165) is 67.8 Å². The maximum absolute atomic E-state index is 6.18. The second kappa shape index (κ2) is 15.8. The number of rotatable bonds is 5. The molecule has 1 saturated heterocycles. The van der Waals surface area contributed by atoms with E-state index in [2.05, 4.69) is 77.3 Å². The average Bonchev–Trinajstić information content (AvgIpc) is 3.38. The summed E-state index contributed by atoms with van der Waals surface area (Å²) in [5.74, 6) is 1.52. The zero-order valence-corrected chi connectivity index (χ0v) is 23.0. The number of fused-ring (bicyclic) bond motifs is 1. The zero-order valence-electron chi connectivity index (χ0n) is 23.0. The molecule has 0 saturated carbocycles. The molecule has 3 aliphatic rings. The summed E-state index contributed by atoms with van der Waals surface area (Å²) in [5, 5.41) is 6.71. The molecule has 0 amide bonds. The Morgan fingerprint density at radius 2 is 1.78 bits per heavy atom. The number of hydrogen-bond donors (Lipinski definition) is 1. The summed E-state index contributed by atoms with van der Waals surface area (Å²) >= 11 is 0. The summed E-state index contributed by atoms with van der Waals surface area (Å²) < 4.78 is 11.8. The van der Waals surface area contributed by atoms with Crippen LogP contribution in [0.5, 0.6) is 0 Å². The molecule has 2 aromatic rings. The number of hydrazone groups is 1. The van der Waals surface area contributed by atoms with Gasteiger partial charge in [-0.05, 0) is 54.0 Å². The lowest BCUT2D eigenvalue weighted by Gasteiger charge is -2.26. The Labute approximate surface area is 222 Å². The Bertz CT molecular complexity index is 1160. The minimum atomic E-state index is 0.218. The van der Waals surface area contributed by atoms with Crippen molar-refractivity contribution in [3.05, 3.63) is 88.2 Å². The molecule has 5 nitrogen and oxygen atoms in total. The molecule has 1 aromatic carbocycles. The molecule has 1 N–H and O–H groups in total. The molecule has 1 aromatic heterocycles. The minimum Gasteiger partial charge on any atom is -0.474 e. The second-order valence-corrected chi connectivity index (χ2v) is 8.86. The van der Waals surface area contributed by atoms with Crippen LogP contribution in [0.15, 0.2) is 65.9 Å². The van der Waals surface area contributed by atoms with Crippen molar-refractivity contribution in [2.45, 2.75) is 66.4 Å². The van der Waals surface area contributed by atoms with Gasteiger partial charge in [-0.3, -0.25) is 10.4 Å². The van der Waals surface area contributed by atoms with E-state index in [1.54, 1.807) is 0 Å². The summed E-state index contributed by atoms with van der Waals surface area (Å²) in [6.45, 7) is 10.2. The van der Waals surface area contributed by atoms with E-state index in [9.17, 15) is 0 Å². The van der Waals surface area contributed by atoms with Crippen molar-refractivity contribution in [1.82, 2.24) is 10.4 Å². The first-order valence-corrected chi connectivity index (χ1v) is 14.0. The van der Waals surface area contributed by atoms with Crippen molar-refractivity contribution in [3.8, 4) is 0 Å². The number of nitrogens with zero attached hydrogens (tertiary/aromatic N) is 2. The molecule has 5 heteroatoms. The van der Waals surface area contributed by atoms with Crippen LogP contribution in [0.1, 0.15) is 70.2 Å². The monoisotopic (exact) mass is 501 g/mol. The predicted octanol–water partition coefficient (Wildman–Crippen LogP) is 5.63. The zero-order chi connectivity index (χ0) is 26.3. The van der Waals surface area contributed by atoms with Gasteiger partial charge in [-0.25, -0.2) is 0 Å². The van der Waals surface area contributed by atoms with Crippen LogP contribution in [0.25, 0.3) is 12.2 Å². The molecular formula is C32H43N3O2. The lowest BCUT2D eigenvalue weighted by Crippen LogP contribution is -2.29. The first-order valence-electron chi connectivity index (χ1n) is 14.0. The number of allylic oxidation sites excluding steroid dienone is 2. The fourth-order valence-electron chi connectivity index (χ4n) is 4.66. The largest absolute Gasteiger partial charge is 0.474 e. The highest BCUT2D eigenvalue weighted by atomic mass is 16.5. The Kier molecular flexibility index (Phi) is 12.1. The van der Waals surface area contributed by atoms with Crippen molar-refractivity contribution < 1.29 is 9.47 Å². The van der Waals surface area contributed by atoms with Gasteiger partial charge >= 0.3 is 0 Å². The molecule has 0 bridgehead atoms. The maximum atomic E-state index is 6.18. The highest BCUT2D eigenvalue weighted by Crippen LogP contribution is 2.28. The van der Waals surface area contributed by atoms with Crippen molar-refractivity contribution in [2.24, 2.45) is 16.9 Å². The number of nitrogens with one attached hydrogen (secondary N) is 1. The molecule has 3 heterocycles. The standard InChI is InChI=1S/C28H31N3O2.2C2H6/c1-2-5-24-12-13-25(30-27(24)7-3-1)19-21-8-10-22(11-9-21)20-33-28-26(14-16-29-31-28)23-6-4-17-32-18-15-23;2*1-2/h1-2,5,7-14,16,23,26,29H,3-4,6,15,17-20H2;2*1-2H3. The van der Waals surface area contributed by atoms with Crippen molar-refractivity contribution in [3.63, 3.8) is 0 Å². The van der Waals surface area contributed by atoms with Gasteiger partial charge in [0.05, 0.1) is 11.3 Å². The van der Waals surface area contributed by atoms with E-state index in [1.165, 1.54) is 10.8 Å². The minimum absolute atomic E-state index is 0.218. The third-order valence-corrected chi connectivity index (χ3v) is 6.51. The van der Waals surface area contributed by atoms with Crippen LogP contribution in [-0.2, 0) is 22.5 Å². The van der Waals surface area contributed by atoms with Gasteiger partial charge < -0.3 is 9.47 Å². The number of ether oxygens (including phenoxy) is 2. The molecule has 1 aliphatic carbocycles. The predicted molar refractivity (Wildman–Crippen MR) is 154 cm³/mol. The average molecular weight is 502 g/mol. The van der Waals surface area contributed by atoms with E-state index >= 15 is 0 Å². The number of pyridine rings is 1. The molecule has 2 aliphatic heterocycles. The SMILES string of the molecule is C1=CCC=c2nc(Cc3ccc(COC4=NNC=CC4C4CCCOCC4)cc3)ccc2=C1.CC.CC. The molecule has 5 rings (SSSR count). The van der Waals surface area contributed by atoms with Crippen LogP contribution in [0.2, 0.25) is 0 Å². The summed E-state index contributed by atoms with van der Waals surface area (Å²) in [5.41, 5.74) is 6.43. The highest BCUT2D eigenvalue weighted by molar-refractivity contribution is 5.81. The Balaban J connectivity index is 0.000000907. The number of aromatic nitrogens is 1. The fourth-order valence-corrected chi connectivity index (χ4v) is 4.66. The van der Waals surface area contributed by atoms with Gasteiger partial charge in [-0.2, -0.15) is 0 Å². The molecular weight excluding hydrogens is 458 g/mol. The van der Waals surface area contributed by atoms with Gasteiger partial charge in [0.2, 0.25) is 5.90 Å². The van der Waals surface area contributed by atoms with Crippen LogP contribution >= 0.6 is 0 Å². The van der Waals surface area contributed by atoms with Crippen molar-refractivity contribution >= 4 is 18.0 Å². The van der Waals surface area contributed by atoms with Crippen molar-refractivity contribution in [2.75, 3.05) is 13.2 Å². The first kappa shape index (κ1) is 28.4. The van der Waals surface area contributed by atoms with Gasteiger partial charge in [0.15, 0.2) is 0 Å². The number of benzene rings is 1. The van der Waals surface area contributed by atoms with E-state index in [1.807, 2.05) is 33.9 Å². The van der Waals surface area contributed by atoms with E-state index in [-0.39, 0.29) is 5.92 Å². The molecule has 1 fully saturated rings. The Hall–Kier alpha value is -3.18. The van der Waals surface area contributed by atoms with Gasteiger partial charge in [0.25, 0.3) is 0 Å². The van der Waals surface area contributed by atoms with Crippen LogP contribution in [0.3, 0.4) is 0 Å². The van der Waals surface area contributed by atoms with E-state index < -0.39 is 0 Å². The lowest BCUT2D eigenvalue weighted by molar-refractivity contribution is 0.140. The Morgan fingerprint density at radius 1 is 0.973 bits per heavy atom. The maximum Gasteiger partial charge on any atom is 0.213 e. The van der Waals surface area contributed by atoms with Gasteiger partial charge in [0, 0.05) is 31.5 Å². The second-order valence-electron chi connectivity index (χ2n) is 8.86. The summed E-state index contributed by atoms with van der Waals surface area (Å²) in [6, 6.07) is 12.9. The van der Waals surface area contributed by atoms with E-state index in [0.29, 0.717) is 12.5 Å². The molecule has 0 radical (unpaired) electrons. The first-order chi connectivity index (χ1) is 18.3. The third kappa shape index (κ3) is 8.43. The van der Waals surface area contributed by atoms with Crippen LogP contribution < -0.4 is 16.0 Å². The molecule has 37 heavy (non-hydrogen) atoms. The normalized spacial score (nSPS) is 19.9. The van der Waals surface area contributed by atoms with Gasteiger partial charge in [-0.15, -0.1) is 5.10 Å². The molecule has 0 spiro atoms. The van der Waals surface area contributed by atoms with Crippen LogP contribution in [0, 0.1) is 11.8 Å². The quantitative estimate of drug-likeness (QED) is 0.577. The van der Waals surface area contributed by atoms with Crippen LogP contribution in [-0.4, -0.2) is 24.1 Å². The van der Waals surface area contributed by atoms with Gasteiger partial charge in [0.1, 0.15) is 6.61 Å². The topological polar surface area (TPSA) is 55.7 Å². The summed E-state index contributed by atoms with van der Waals surface area (Å²) in [6.07, 6.45) is 17.7. The molecule has 2 unspecified atom stereocenters. The summed E-state index contributed by atoms with van der Waals surface area (Å²) in [7, 11) is 0. The lowest BCUT2D eigenvalue weighted by atomic mass is 9.85. The smallest absolute Gasteiger partial charge is 0.213 e. The molecule has 2 atom stereocenters. The van der Waals surface area contributed by atoms with Gasteiger partial charge in [-0.1, -0.05) is 88.4 Å². The summed E-state index contributed by atoms with van der Waals surface area (Å²) in [4.78, 5) is 4.86. The van der Waals surface area contributed by atoms with Crippen LogP contribution in [0.4, 0.5) is 0 Å².